The van der Waals surface area contributed by atoms with Gasteiger partial charge in [-0.1, -0.05) is 24.3 Å². The zero-order valence-electron chi connectivity index (χ0n) is 16.5. The van der Waals surface area contributed by atoms with Crippen molar-refractivity contribution in [1.82, 2.24) is 24.7 Å². The Bertz CT molecular complexity index is 873. The molecule has 5 rings (SSSR count). The summed E-state index contributed by atoms with van der Waals surface area (Å²) in [6, 6.07) is 8.82. The summed E-state index contributed by atoms with van der Waals surface area (Å²) in [6.07, 6.45) is 5.13. The molecule has 6 heteroatoms. The largest absolute Gasteiger partial charge is 0.337 e. The molecule has 0 radical (unpaired) electrons. The number of rotatable bonds is 3. The van der Waals surface area contributed by atoms with E-state index in [0.717, 1.165) is 56.1 Å². The summed E-state index contributed by atoms with van der Waals surface area (Å²) >= 11 is 0. The van der Waals surface area contributed by atoms with Crippen LogP contribution >= 0.6 is 0 Å². The number of fused-ring (bicyclic) bond motifs is 2. The van der Waals surface area contributed by atoms with Gasteiger partial charge in [-0.2, -0.15) is 0 Å². The summed E-state index contributed by atoms with van der Waals surface area (Å²) in [7, 11) is 2.15. The second-order valence-corrected chi connectivity index (χ2v) is 8.32. The third-order valence-electron chi connectivity index (χ3n) is 6.39. The highest BCUT2D eigenvalue weighted by Crippen LogP contribution is 2.29. The summed E-state index contributed by atoms with van der Waals surface area (Å²) in [5, 5.41) is 0. The average Bonchev–Trinajstić information content (AvgIpc) is 3.32. The normalized spacial score (nSPS) is 22.3. The van der Waals surface area contributed by atoms with Crippen molar-refractivity contribution in [3.8, 4) is 0 Å². The Morgan fingerprint density at radius 3 is 2.61 bits per heavy atom. The van der Waals surface area contributed by atoms with Gasteiger partial charge in [0.05, 0.1) is 18.3 Å². The summed E-state index contributed by atoms with van der Waals surface area (Å²) in [4.78, 5) is 28.9. The van der Waals surface area contributed by atoms with Crippen LogP contribution in [0.15, 0.2) is 30.5 Å². The van der Waals surface area contributed by atoms with Crippen molar-refractivity contribution < 1.29 is 4.79 Å². The Morgan fingerprint density at radius 2 is 1.89 bits per heavy atom. The zero-order valence-corrected chi connectivity index (χ0v) is 16.5. The van der Waals surface area contributed by atoms with E-state index in [4.69, 9.17) is 4.98 Å². The van der Waals surface area contributed by atoms with E-state index in [0.29, 0.717) is 19.1 Å². The summed E-state index contributed by atoms with van der Waals surface area (Å²) in [6.45, 7) is 4.73. The molecule has 0 bridgehead atoms. The van der Waals surface area contributed by atoms with E-state index in [1.807, 2.05) is 11.1 Å². The third-order valence-corrected chi connectivity index (χ3v) is 6.39. The number of aromatic nitrogens is 2. The van der Waals surface area contributed by atoms with Gasteiger partial charge in [-0.05, 0) is 37.6 Å². The Balaban J connectivity index is 1.23. The van der Waals surface area contributed by atoms with Crippen molar-refractivity contribution in [3.05, 3.63) is 58.7 Å². The van der Waals surface area contributed by atoms with E-state index >= 15 is 0 Å². The number of carbonyl (C=O) groups is 1. The van der Waals surface area contributed by atoms with Crippen molar-refractivity contribution >= 4 is 5.91 Å². The van der Waals surface area contributed by atoms with E-state index in [2.05, 4.69) is 46.1 Å². The van der Waals surface area contributed by atoms with E-state index in [-0.39, 0.29) is 5.91 Å². The van der Waals surface area contributed by atoms with Crippen molar-refractivity contribution in [2.45, 2.75) is 44.9 Å². The van der Waals surface area contributed by atoms with Crippen LogP contribution in [0.3, 0.4) is 0 Å². The molecule has 0 aliphatic carbocycles. The molecule has 1 unspecified atom stereocenters. The molecule has 1 aromatic heterocycles. The number of amides is 1. The maximum atomic E-state index is 12.9. The summed E-state index contributed by atoms with van der Waals surface area (Å²) in [5.74, 6) is 1.16. The molecule has 1 atom stereocenters. The van der Waals surface area contributed by atoms with E-state index in [1.54, 1.807) is 0 Å². The molecule has 1 amide bonds. The van der Waals surface area contributed by atoms with Crippen LogP contribution in [0.1, 0.15) is 47.1 Å². The number of benzene rings is 1. The van der Waals surface area contributed by atoms with Gasteiger partial charge < -0.3 is 4.90 Å². The Labute approximate surface area is 166 Å². The molecule has 0 spiro atoms. The monoisotopic (exact) mass is 377 g/mol. The van der Waals surface area contributed by atoms with Gasteiger partial charge in [0.1, 0.15) is 5.82 Å². The van der Waals surface area contributed by atoms with Crippen LogP contribution in [0.4, 0.5) is 0 Å². The predicted octanol–water partition coefficient (Wildman–Crippen LogP) is 2.14. The van der Waals surface area contributed by atoms with Gasteiger partial charge in [-0.25, -0.2) is 9.97 Å². The van der Waals surface area contributed by atoms with Gasteiger partial charge in [-0.15, -0.1) is 0 Å². The molecule has 3 aliphatic heterocycles. The smallest absolute Gasteiger partial charge is 0.237 e. The first-order chi connectivity index (χ1) is 13.7. The first-order valence-electron chi connectivity index (χ1n) is 10.3. The Kier molecular flexibility index (Phi) is 4.61. The molecule has 146 valence electrons. The van der Waals surface area contributed by atoms with Gasteiger partial charge in [0.25, 0.3) is 0 Å². The molecular weight excluding hydrogens is 350 g/mol. The van der Waals surface area contributed by atoms with Gasteiger partial charge in [0.2, 0.25) is 5.91 Å². The molecule has 6 nitrogen and oxygen atoms in total. The van der Waals surface area contributed by atoms with Crippen molar-refractivity contribution in [3.63, 3.8) is 0 Å². The minimum absolute atomic E-state index is 0.207. The lowest BCUT2D eigenvalue weighted by Gasteiger charge is -2.30. The summed E-state index contributed by atoms with van der Waals surface area (Å²) in [5.41, 5.74) is 4.92. The van der Waals surface area contributed by atoms with Crippen molar-refractivity contribution in [2.24, 2.45) is 0 Å². The van der Waals surface area contributed by atoms with E-state index in [9.17, 15) is 4.79 Å². The fraction of sp³-hybridized carbons (Fsp3) is 0.500. The Morgan fingerprint density at radius 1 is 1.11 bits per heavy atom. The number of hydrogen-bond acceptors (Lipinski definition) is 5. The van der Waals surface area contributed by atoms with E-state index < -0.39 is 0 Å². The second-order valence-electron chi connectivity index (χ2n) is 8.32. The molecule has 0 saturated carbocycles. The fourth-order valence-electron chi connectivity index (χ4n) is 4.75. The molecule has 3 aliphatic rings. The number of hydrogen-bond donors (Lipinski definition) is 0. The quantitative estimate of drug-likeness (QED) is 0.820. The van der Waals surface area contributed by atoms with Crippen molar-refractivity contribution in [1.29, 1.82) is 0 Å². The second kappa shape index (κ2) is 7.26. The van der Waals surface area contributed by atoms with Gasteiger partial charge >= 0.3 is 0 Å². The maximum Gasteiger partial charge on any atom is 0.237 e. The average molecular weight is 377 g/mol. The molecule has 0 N–H and O–H groups in total. The lowest BCUT2D eigenvalue weighted by Crippen LogP contribution is -2.41. The highest BCUT2D eigenvalue weighted by atomic mass is 16.2. The Hall–Kier alpha value is -2.31. The molecule has 28 heavy (non-hydrogen) atoms. The summed E-state index contributed by atoms with van der Waals surface area (Å²) < 4.78 is 0. The minimum Gasteiger partial charge on any atom is -0.337 e. The van der Waals surface area contributed by atoms with Crippen LogP contribution < -0.4 is 0 Å². The van der Waals surface area contributed by atoms with E-state index in [1.165, 1.54) is 17.5 Å². The standard InChI is InChI=1S/C22H27N5O/c1-25-9-4-7-20(25)22-23-11-18-14-27(10-8-19(18)24-22)21(28)15-26-12-16-5-2-3-6-17(16)13-26/h2-3,5-6,11,20H,4,7-10,12-15H2,1H3. The third kappa shape index (κ3) is 3.31. The van der Waals surface area contributed by atoms with Crippen LogP contribution in [-0.4, -0.2) is 57.3 Å². The van der Waals surface area contributed by atoms with Gasteiger partial charge in [-0.3, -0.25) is 14.6 Å². The fourth-order valence-corrected chi connectivity index (χ4v) is 4.75. The molecule has 1 saturated heterocycles. The highest BCUT2D eigenvalue weighted by Gasteiger charge is 2.29. The van der Waals surface area contributed by atoms with Crippen LogP contribution in [-0.2, 0) is 30.8 Å². The minimum atomic E-state index is 0.207. The zero-order chi connectivity index (χ0) is 19.1. The number of carbonyl (C=O) groups excluding carboxylic acids is 1. The lowest BCUT2D eigenvalue weighted by molar-refractivity contribution is -0.133. The number of likely N-dealkylation sites (tertiary alicyclic amines) is 1. The van der Waals surface area contributed by atoms with Gasteiger partial charge in [0.15, 0.2) is 0 Å². The molecule has 1 aromatic carbocycles. The molecule has 2 aromatic rings. The maximum absolute atomic E-state index is 12.9. The van der Waals surface area contributed by atoms with Gasteiger partial charge in [0, 0.05) is 44.4 Å². The molecular formula is C22H27N5O. The van der Waals surface area contributed by atoms with Crippen LogP contribution in [0.2, 0.25) is 0 Å². The predicted molar refractivity (Wildman–Crippen MR) is 106 cm³/mol. The highest BCUT2D eigenvalue weighted by molar-refractivity contribution is 5.78. The van der Waals surface area contributed by atoms with Crippen LogP contribution in [0, 0.1) is 0 Å². The molecule has 4 heterocycles. The van der Waals surface area contributed by atoms with Crippen molar-refractivity contribution in [2.75, 3.05) is 26.7 Å². The first-order valence-corrected chi connectivity index (χ1v) is 10.3. The molecule has 1 fully saturated rings. The number of nitrogens with zero attached hydrogens (tertiary/aromatic N) is 5. The lowest BCUT2D eigenvalue weighted by atomic mass is 10.1. The van der Waals surface area contributed by atoms with Crippen LogP contribution in [0.25, 0.3) is 0 Å². The van der Waals surface area contributed by atoms with Crippen LogP contribution in [0.5, 0.6) is 0 Å². The first kappa shape index (κ1) is 17.8. The SMILES string of the molecule is CN1CCCC1c1ncc2c(n1)CCN(C(=O)CN1Cc3ccccc3C1)C2. The topological polar surface area (TPSA) is 52.6 Å².